The average Bonchev–Trinajstić information content (AvgIpc) is 3.27. The Hall–Kier alpha value is -3.40. The smallest absolute Gasteiger partial charge is 0.338 e. The van der Waals surface area contributed by atoms with Crippen LogP contribution in [0.25, 0.3) is 17.4 Å². The normalized spacial score (nSPS) is 13.0. The van der Waals surface area contributed by atoms with Crippen molar-refractivity contribution < 1.29 is 18.7 Å². The molecular weight excluding hydrogens is 316 g/mol. The number of cyclic esters (lactones) is 1. The molecule has 0 saturated carbocycles. The summed E-state index contributed by atoms with van der Waals surface area (Å²) in [5.41, 5.74) is 2.96. The lowest BCUT2D eigenvalue weighted by Crippen LogP contribution is -1.92. The van der Waals surface area contributed by atoms with E-state index in [0.717, 1.165) is 11.1 Å². The lowest BCUT2D eigenvalue weighted by Gasteiger charge is -1.99. The van der Waals surface area contributed by atoms with Crippen molar-refractivity contribution in [1.29, 1.82) is 0 Å². The van der Waals surface area contributed by atoms with Crippen molar-refractivity contribution in [2.24, 2.45) is 0 Å². The number of rotatable bonds is 4. The minimum Gasteiger partial charge on any atom is -0.457 e. The fourth-order valence-electron chi connectivity index (χ4n) is 2.74. The zero-order valence-electron chi connectivity index (χ0n) is 13.3. The maximum atomic E-state index is 12.1. The van der Waals surface area contributed by atoms with E-state index in [0.29, 0.717) is 29.3 Å². The number of fused-ring (bicyclic) bond motifs is 1. The molecule has 0 unspecified atom stereocenters. The highest BCUT2D eigenvalue weighted by Gasteiger charge is 2.21. The largest absolute Gasteiger partial charge is 0.457 e. The van der Waals surface area contributed by atoms with E-state index in [1.807, 2.05) is 36.4 Å². The molecule has 0 bridgehead atoms. The van der Waals surface area contributed by atoms with Gasteiger partial charge in [-0.1, -0.05) is 36.4 Å². The molecule has 0 aliphatic carbocycles. The number of allylic oxidation sites excluding steroid dienone is 1. The number of furan rings is 1. The summed E-state index contributed by atoms with van der Waals surface area (Å²) >= 11 is 0. The van der Waals surface area contributed by atoms with Gasteiger partial charge in [-0.3, -0.25) is 4.79 Å². The summed E-state index contributed by atoms with van der Waals surface area (Å²) in [6, 6.07) is 18.2. The average molecular weight is 330 g/mol. The summed E-state index contributed by atoms with van der Waals surface area (Å²) in [6.45, 7) is 0.293. The van der Waals surface area contributed by atoms with Crippen molar-refractivity contribution in [2.45, 2.75) is 6.61 Å². The molecule has 1 aliphatic rings. The van der Waals surface area contributed by atoms with Gasteiger partial charge in [0, 0.05) is 16.7 Å². The predicted octanol–water partition coefficient (Wildman–Crippen LogP) is 4.51. The third kappa shape index (κ3) is 3.02. The Kier molecular flexibility index (Phi) is 3.78. The lowest BCUT2D eigenvalue weighted by atomic mass is 10.0. The van der Waals surface area contributed by atoms with E-state index in [-0.39, 0.29) is 11.8 Å². The van der Waals surface area contributed by atoms with E-state index < -0.39 is 0 Å². The topological polar surface area (TPSA) is 56.5 Å². The van der Waals surface area contributed by atoms with Crippen LogP contribution in [0.4, 0.5) is 0 Å². The highest BCUT2D eigenvalue weighted by Crippen LogP contribution is 2.28. The van der Waals surface area contributed by atoms with Crippen LogP contribution in [0.15, 0.2) is 71.2 Å². The van der Waals surface area contributed by atoms with Gasteiger partial charge in [-0.05, 0) is 36.4 Å². The van der Waals surface area contributed by atoms with Crippen molar-refractivity contribution in [3.05, 3.63) is 89.2 Å². The van der Waals surface area contributed by atoms with Gasteiger partial charge in [0.2, 0.25) is 0 Å². The SMILES string of the molecule is O=C(/C=C/c1ccc(-c2ccc3c(c2)COC3=O)o1)c1ccccc1. The molecule has 25 heavy (non-hydrogen) atoms. The molecule has 1 aromatic heterocycles. The number of esters is 1. The van der Waals surface area contributed by atoms with Crippen LogP contribution in [-0.4, -0.2) is 11.8 Å². The molecule has 4 nitrogen and oxygen atoms in total. The molecule has 0 saturated heterocycles. The number of ether oxygens (including phenoxy) is 1. The van der Waals surface area contributed by atoms with Crippen LogP contribution in [-0.2, 0) is 11.3 Å². The van der Waals surface area contributed by atoms with E-state index in [9.17, 15) is 9.59 Å². The second-order valence-electron chi connectivity index (χ2n) is 5.71. The molecule has 2 heterocycles. The Labute approximate surface area is 144 Å². The first kappa shape index (κ1) is 15.1. The molecule has 0 N–H and O–H groups in total. The number of benzene rings is 2. The zero-order valence-corrected chi connectivity index (χ0v) is 13.3. The molecule has 4 heteroatoms. The minimum atomic E-state index is -0.288. The van der Waals surface area contributed by atoms with Gasteiger partial charge >= 0.3 is 5.97 Å². The molecule has 0 fully saturated rings. The predicted molar refractivity (Wildman–Crippen MR) is 93.1 cm³/mol. The molecule has 0 atom stereocenters. The van der Waals surface area contributed by atoms with Crippen LogP contribution in [0.5, 0.6) is 0 Å². The van der Waals surface area contributed by atoms with Crippen molar-refractivity contribution >= 4 is 17.8 Å². The van der Waals surface area contributed by atoms with Gasteiger partial charge in [0.15, 0.2) is 5.78 Å². The van der Waals surface area contributed by atoms with Gasteiger partial charge < -0.3 is 9.15 Å². The number of carbonyl (C=O) groups excluding carboxylic acids is 2. The maximum absolute atomic E-state index is 12.1. The highest BCUT2D eigenvalue weighted by atomic mass is 16.5. The van der Waals surface area contributed by atoms with E-state index >= 15 is 0 Å². The standard InChI is InChI=1S/C21H14O4/c22-19(14-4-2-1-3-5-14)10-7-17-8-11-20(25-17)15-6-9-18-16(12-15)13-24-21(18)23/h1-12H,13H2/b10-7+. The van der Waals surface area contributed by atoms with Crippen LogP contribution < -0.4 is 0 Å². The van der Waals surface area contributed by atoms with Crippen molar-refractivity contribution in [3.8, 4) is 11.3 Å². The van der Waals surface area contributed by atoms with E-state index in [1.165, 1.54) is 6.08 Å². The third-order valence-corrected chi connectivity index (χ3v) is 4.05. The Morgan fingerprint density at radius 1 is 1.00 bits per heavy atom. The molecule has 4 rings (SSSR count). The van der Waals surface area contributed by atoms with Crippen molar-refractivity contribution in [1.82, 2.24) is 0 Å². The summed E-state index contributed by atoms with van der Waals surface area (Å²) < 4.78 is 10.8. The van der Waals surface area contributed by atoms with Crippen molar-refractivity contribution in [3.63, 3.8) is 0 Å². The summed E-state index contributed by atoms with van der Waals surface area (Å²) in [5, 5.41) is 0. The number of ketones is 1. The van der Waals surface area contributed by atoms with E-state index in [2.05, 4.69) is 0 Å². The second kappa shape index (κ2) is 6.24. The van der Waals surface area contributed by atoms with Crippen LogP contribution >= 0.6 is 0 Å². The summed E-state index contributed by atoms with van der Waals surface area (Å²) in [5.74, 6) is 0.900. The van der Waals surface area contributed by atoms with Gasteiger partial charge in [0.25, 0.3) is 0 Å². The van der Waals surface area contributed by atoms with Crippen LogP contribution in [0.1, 0.15) is 32.0 Å². The minimum absolute atomic E-state index is 0.0771. The Morgan fingerprint density at radius 2 is 1.84 bits per heavy atom. The molecule has 0 amide bonds. The Bertz CT molecular complexity index is 980. The zero-order chi connectivity index (χ0) is 17.2. The summed E-state index contributed by atoms with van der Waals surface area (Å²) in [4.78, 5) is 23.6. The van der Waals surface area contributed by atoms with Crippen LogP contribution in [0, 0.1) is 0 Å². The summed E-state index contributed by atoms with van der Waals surface area (Å²) in [7, 11) is 0. The van der Waals surface area contributed by atoms with E-state index in [4.69, 9.17) is 9.15 Å². The Balaban J connectivity index is 1.54. The third-order valence-electron chi connectivity index (χ3n) is 4.05. The first-order chi connectivity index (χ1) is 12.2. The Morgan fingerprint density at radius 3 is 2.68 bits per heavy atom. The first-order valence-electron chi connectivity index (χ1n) is 7.88. The van der Waals surface area contributed by atoms with Crippen molar-refractivity contribution in [2.75, 3.05) is 0 Å². The molecule has 3 aromatic rings. The molecule has 1 aliphatic heterocycles. The van der Waals surface area contributed by atoms with Crippen LogP contribution in [0.3, 0.4) is 0 Å². The molecular formula is C21H14O4. The molecule has 0 radical (unpaired) electrons. The van der Waals surface area contributed by atoms with Gasteiger partial charge in [-0.25, -0.2) is 4.79 Å². The fraction of sp³-hybridized carbons (Fsp3) is 0.0476. The summed E-state index contributed by atoms with van der Waals surface area (Å²) in [6.07, 6.45) is 3.14. The van der Waals surface area contributed by atoms with Gasteiger partial charge in [-0.15, -0.1) is 0 Å². The maximum Gasteiger partial charge on any atom is 0.338 e. The molecule has 122 valence electrons. The number of carbonyl (C=O) groups is 2. The second-order valence-corrected chi connectivity index (χ2v) is 5.71. The monoisotopic (exact) mass is 330 g/mol. The molecule has 0 spiro atoms. The van der Waals surface area contributed by atoms with Crippen LogP contribution in [0.2, 0.25) is 0 Å². The number of hydrogen-bond donors (Lipinski definition) is 0. The number of hydrogen-bond acceptors (Lipinski definition) is 4. The quantitative estimate of drug-likeness (QED) is 0.401. The molecule has 2 aromatic carbocycles. The van der Waals surface area contributed by atoms with Gasteiger partial charge in [0.05, 0.1) is 5.56 Å². The first-order valence-corrected chi connectivity index (χ1v) is 7.88. The highest BCUT2D eigenvalue weighted by molar-refractivity contribution is 6.06. The van der Waals surface area contributed by atoms with E-state index in [1.54, 1.807) is 30.3 Å². The van der Waals surface area contributed by atoms with Gasteiger partial charge in [0.1, 0.15) is 18.1 Å². The lowest BCUT2D eigenvalue weighted by molar-refractivity contribution is 0.0535. The van der Waals surface area contributed by atoms with Gasteiger partial charge in [-0.2, -0.15) is 0 Å². The fourth-order valence-corrected chi connectivity index (χ4v) is 2.74.